The molecular weight excluding hydrogens is 378 g/mol. The van der Waals surface area contributed by atoms with Crippen LogP contribution in [0.25, 0.3) is 0 Å². The maximum Gasteiger partial charge on any atom is 0.413 e. The van der Waals surface area contributed by atoms with E-state index in [4.69, 9.17) is 33.9 Å². The molecule has 1 rings (SSSR count). The number of hydrogen-bond donors (Lipinski definition) is 4. The normalized spacial score (nSPS) is 9.65. The molecule has 9 nitrogen and oxygen atoms in total. The lowest BCUT2D eigenvalue weighted by Gasteiger charge is -2.15. The number of carbonyl (C=O) groups is 2. The third-order valence-corrected chi connectivity index (χ3v) is 3.19. The zero-order chi connectivity index (χ0) is 19.5. The Morgan fingerprint density at radius 2 is 1.50 bits per heavy atom. The van der Waals surface area contributed by atoms with E-state index in [-0.39, 0.29) is 23.4 Å². The molecule has 0 radical (unpaired) electrons. The van der Waals surface area contributed by atoms with Crippen LogP contribution in [-0.4, -0.2) is 40.6 Å². The molecule has 0 aliphatic carbocycles. The molecule has 0 aromatic carbocycles. The lowest BCUT2D eigenvalue weighted by molar-refractivity contribution is 0.157. The van der Waals surface area contributed by atoms with Crippen LogP contribution in [0.2, 0.25) is 0 Å². The molecule has 0 unspecified atom stereocenters. The smallest absolute Gasteiger partial charge is 0.413 e. The first-order valence-corrected chi connectivity index (χ1v) is 8.70. The van der Waals surface area contributed by atoms with Gasteiger partial charge in [-0.15, -0.1) is 0 Å². The molecule has 1 heterocycles. The maximum atomic E-state index is 11.4. The molecule has 26 heavy (non-hydrogen) atoms. The highest BCUT2D eigenvalue weighted by Crippen LogP contribution is 2.20. The van der Waals surface area contributed by atoms with Gasteiger partial charge in [-0.3, -0.25) is 10.6 Å². The number of rotatable bonds is 5. The van der Waals surface area contributed by atoms with Crippen molar-refractivity contribution >= 4 is 58.4 Å². The summed E-state index contributed by atoms with van der Waals surface area (Å²) in [5, 5.41) is 10.4. The first-order chi connectivity index (χ1) is 12.4. The van der Waals surface area contributed by atoms with Crippen molar-refractivity contribution < 1.29 is 19.1 Å². The van der Waals surface area contributed by atoms with Crippen molar-refractivity contribution in [2.45, 2.75) is 27.2 Å². The van der Waals surface area contributed by atoms with E-state index >= 15 is 0 Å². The fourth-order valence-corrected chi connectivity index (χ4v) is 2.08. The van der Waals surface area contributed by atoms with Crippen molar-refractivity contribution in [1.29, 1.82) is 0 Å². The number of hydrogen-bond acceptors (Lipinski definition) is 7. The number of nitrogens with zero attached hydrogens (tertiary/aromatic N) is 1. The molecular formula is C15H21N5O4S2. The van der Waals surface area contributed by atoms with Crippen LogP contribution in [0, 0.1) is 0 Å². The van der Waals surface area contributed by atoms with Crippen LogP contribution in [0.15, 0.2) is 12.1 Å². The molecule has 0 saturated heterocycles. The molecule has 11 heteroatoms. The predicted molar refractivity (Wildman–Crippen MR) is 106 cm³/mol. The second kappa shape index (κ2) is 11.2. The zero-order valence-electron chi connectivity index (χ0n) is 14.7. The summed E-state index contributed by atoms with van der Waals surface area (Å²) < 4.78 is 9.52. The third kappa shape index (κ3) is 7.57. The molecule has 0 saturated carbocycles. The highest BCUT2D eigenvalue weighted by Gasteiger charge is 2.12. The summed E-state index contributed by atoms with van der Waals surface area (Å²) in [4.78, 5) is 27.2. The SMILES string of the molecule is CCOC(=O)NC(=S)Nc1ccc(CC)nc1NC(=S)NC(=O)OCC. The van der Waals surface area contributed by atoms with Crippen LogP contribution in [-0.2, 0) is 15.9 Å². The Morgan fingerprint density at radius 1 is 0.962 bits per heavy atom. The van der Waals surface area contributed by atoms with Gasteiger partial charge >= 0.3 is 12.2 Å². The first kappa shape index (κ1) is 21.5. The summed E-state index contributed by atoms with van der Waals surface area (Å²) in [5.41, 5.74) is 1.25. The zero-order valence-corrected chi connectivity index (χ0v) is 16.3. The van der Waals surface area contributed by atoms with Crippen LogP contribution in [0.5, 0.6) is 0 Å². The molecule has 0 aliphatic rings. The van der Waals surface area contributed by atoms with E-state index in [0.717, 1.165) is 5.69 Å². The summed E-state index contributed by atoms with van der Waals surface area (Å²) in [6, 6.07) is 3.52. The molecule has 0 aliphatic heterocycles. The summed E-state index contributed by atoms with van der Waals surface area (Å²) in [5.74, 6) is 0.333. The fourth-order valence-electron chi connectivity index (χ4n) is 1.70. The molecule has 1 aromatic heterocycles. The number of anilines is 2. The highest BCUT2D eigenvalue weighted by atomic mass is 32.1. The van der Waals surface area contributed by atoms with Crippen LogP contribution >= 0.6 is 24.4 Å². The molecule has 1 aromatic rings. The average molecular weight is 399 g/mol. The Morgan fingerprint density at radius 3 is 2.00 bits per heavy atom. The van der Waals surface area contributed by atoms with Gasteiger partial charge in [0.2, 0.25) is 0 Å². The number of alkyl carbamates (subject to hydrolysis) is 2. The van der Waals surface area contributed by atoms with Gasteiger partial charge in [-0.2, -0.15) is 0 Å². The van der Waals surface area contributed by atoms with Crippen molar-refractivity contribution in [2.75, 3.05) is 23.8 Å². The number of amides is 2. The number of pyridine rings is 1. The third-order valence-electron chi connectivity index (χ3n) is 2.78. The fraction of sp³-hybridized carbons (Fsp3) is 0.400. The Hall–Kier alpha value is -2.53. The van der Waals surface area contributed by atoms with E-state index in [0.29, 0.717) is 17.9 Å². The quantitative estimate of drug-likeness (QED) is 0.555. The highest BCUT2D eigenvalue weighted by molar-refractivity contribution is 7.80. The molecule has 0 atom stereocenters. The lowest BCUT2D eigenvalue weighted by Crippen LogP contribution is -2.36. The minimum absolute atomic E-state index is 0.0107. The summed E-state index contributed by atoms with van der Waals surface area (Å²) >= 11 is 10.1. The summed E-state index contributed by atoms with van der Waals surface area (Å²) in [6.45, 7) is 5.76. The van der Waals surface area contributed by atoms with Crippen LogP contribution in [0.3, 0.4) is 0 Å². The second-order valence-electron chi connectivity index (χ2n) is 4.65. The van der Waals surface area contributed by atoms with E-state index in [1.54, 1.807) is 26.0 Å². The van der Waals surface area contributed by atoms with Gasteiger partial charge in [0, 0.05) is 5.69 Å². The standard InChI is InChI=1S/C15H21N5O4S2/c1-4-9-7-8-10(17-12(25)19-14(21)23-5-2)11(16-9)18-13(26)20-15(22)24-6-3/h7-8H,4-6H2,1-3H3,(H2,17,19,21,25)(H2,16,18,20,22,26). The molecule has 2 amide bonds. The molecule has 0 fully saturated rings. The minimum Gasteiger partial charge on any atom is -0.450 e. The van der Waals surface area contributed by atoms with E-state index in [1.165, 1.54) is 0 Å². The maximum absolute atomic E-state index is 11.4. The van der Waals surface area contributed by atoms with Gasteiger partial charge < -0.3 is 20.1 Å². The number of aromatic nitrogens is 1. The second-order valence-corrected chi connectivity index (χ2v) is 5.47. The van der Waals surface area contributed by atoms with Gasteiger partial charge in [-0.25, -0.2) is 14.6 Å². The largest absolute Gasteiger partial charge is 0.450 e. The van der Waals surface area contributed by atoms with Crippen molar-refractivity contribution in [3.8, 4) is 0 Å². The topological polar surface area (TPSA) is 114 Å². The Balaban J connectivity index is 2.85. The molecule has 0 bridgehead atoms. The number of nitrogens with one attached hydrogen (secondary N) is 4. The lowest BCUT2D eigenvalue weighted by atomic mass is 10.2. The first-order valence-electron chi connectivity index (χ1n) is 7.88. The van der Waals surface area contributed by atoms with Crippen molar-refractivity contribution in [1.82, 2.24) is 15.6 Å². The molecule has 4 N–H and O–H groups in total. The number of thiocarbonyl (C=S) groups is 2. The van der Waals surface area contributed by atoms with Gasteiger partial charge in [-0.1, -0.05) is 6.92 Å². The van der Waals surface area contributed by atoms with Crippen molar-refractivity contribution in [3.63, 3.8) is 0 Å². The number of ether oxygens (including phenoxy) is 2. The number of carbonyl (C=O) groups excluding carboxylic acids is 2. The van der Waals surface area contributed by atoms with E-state index in [2.05, 4.69) is 26.3 Å². The van der Waals surface area contributed by atoms with Crippen molar-refractivity contribution in [2.24, 2.45) is 0 Å². The predicted octanol–water partition coefficient (Wildman–Crippen LogP) is 2.53. The average Bonchev–Trinajstić information content (AvgIpc) is 2.56. The van der Waals surface area contributed by atoms with Gasteiger partial charge in [-0.05, 0) is 56.8 Å². The summed E-state index contributed by atoms with van der Waals surface area (Å²) in [6.07, 6.45) is -0.652. The monoisotopic (exact) mass is 399 g/mol. The molecule has 142 valence electrons. The van der Waals surface area contributed by atoms with Crippen LogP contribution < -0.4 is 21.3 Å². The van der Waals surface area contributed by atoms with Gasteiger partial charge in [0.1, 0.15) is 0 Å². The van der Waals surface area contributed by atoms with Crippen LogP contribution in [0.4, 0.5) is 21.1 Å². The Bertz CT molecular complexity index is 684. The van der Waals surface area contributed by atoms with Crippen molar-refractivity contribution in [3.05, 3.63) is 17.8 Å². The van der Waals surface area contributed by atoms with Gasteiger partial charge in [0.25, 0.3) is 0 Å². The minimum atomic E-state index is -0.675. The van der Waals surface area contributed by atoms with Gasteiger partial charge in [0.15, 0.2) is 16.0 Å². The van der Waals surface area contributed by atoms with E-state index < -0.39 is 12.2 Å². The number of aryl methyl sites for hydroxylation is 1. The van der Waals surface area contributed by atoms with Crippen LogP contribution in [0.1, 0.15) is 26.5 Å². The Kier molecular flexibility index (Phi) is 9.23. The van der Waals surface area contributed by atoms with E-state index in [9.17, 15) is 9.59 Å². The Labute approximate surface area is 162 Å². The molecule has 0 spiro atoms. The van der Waals surface area contributed by atoms with E-state index in [1.807, 2.05) is 6.92 Å². The van der Waals surface area contributed by atoms with Gasteiger partial charge in [0.05, 0.1) is 18.9 Å². The summed E-state index contributed by atoms with van der Waals surface area (Å²) in [7, 11) is 0.